The molecular weight excluding hydrogens is 327 g/mol. The van der Waals surface area contributed by atoms with Crippen LogP contribution in [0.15, 0.2) is 0 Å². The van der Waals surface area contributed by atoms with Crippen LogP contribution in [0.5, 0.6) is 0 Å². The van der Waals surface area contributed by atoms with Crippen LogP contribution in [-0.2, 0) is 9.53 Å². The highest BCUT2D eigenvalue weighted by Gasteiger charge is 2.58. The Morgan fingerprint density at radius 1 is 0.720 bits per heavy atom. The van der Waals surface area contributed by atoms with Crippen molar-refractivity contribution < 1.29 is 9.53 Å². The third kappa shape index (κ3) is 4.60. The zero-order chi connectivity index (χ0) is 17.5. The fourth-order valence-corrected chi connectivity index (χ4v) is 13.5. The van der Waals surface area contributed by atoms with Gasteiger partial charge in [-0.1, -0.05) is 19.3 Å². The topological polar surface area (TPSA) is 26.3 Å². The van der Waals surface area contributed by atoms with Crippen LogP contribution in [-0.4, -0.2) is 35.7 Å². The van der Waals surface area contributed by atoms with Gasteiger partial charge in [-0.3, -0.25) is 0 Å². The maximum Gasteiger partial charge on any atom is 0.343 e. The first kappa shape index (κ1) is 19.7. The van der Waals surface area contributed by atoms with Gasteiger partial charge in [-0.05, 0) is 84.0 Å². The van der Waals surface area contributed by atoms with Crippen LogP contribution in [0.3, 0.4) is 0 Å². The van der Waals surface area contributed by atoms with E-state index in [2.05, 4.69) is 0 Å². The van der Waals surface area contributed by atoms with Crippen molar-refractivity contribution in [1.82, 2.24) is 0 Å². The average Bonchev–Trinajstić information content (AvgIpc) is 2.68. The molecule has 0 amide bonds. The number of ether oxygens (including phenoxy) is 1. The maximum atomic E-state index is 12.8. The molecule has 3 rings (SSSR count). The Morgan fingerprint density at radius 3 is 1.40 bits per heavy atom. The van der Waals surface area contributed by atoms with Gasteiger partial charge >= 0.3 is 5.97 Å². The van der Waals surface area contributed by atoms with Crippen LogP contribution in [0, 0.1) is 0 Å². The normalized spacial score (nSPS) is 25.0. The summed E-state index contributed by atoms with van der Waals surface area (Å²) >= 11 is 0. The molecule has 144 valence electrons. The summed E-state index contributed by atoms with van der Waals surface area (Å²) in [5, 5.41) is 0. The lowest BCUT2D eigenvalue weighted by Crippen LogP contribution is -2.39. The molecule has 2 nitrogen and oxygen atoms in total. The van der Waals surface area contributed by atoms with Crippen molar-refractivity contribution in [3.8, 4) is 0 Å². The Kier molecular flexibility index (Phi) is 7.65. The van der Waals surface area contributed by atoms with Gasteiger partial charge in [0.15, 0.2) is 6.16 Å². The second-order valence-corrected chi connectivity index (χ2v) is 13.3. The van der Waals surface area contributed by atoms with Gasteiger partial charge in [-0.15, -0.1) is 0 Å². The number of hydrogen-bond donors (Lipinski definition) is 0. The van der Waals surface area contributed by atoms with Crippen LogP contribution in [0.25, 0.3) is 0 Å². The zero-order valence-corrected chi connectivity index (χ0v) is 17.4. The highest BCUT2D eigenvalue weighted by molar-refractivity contribution is 7.78. The summed E-state index contributed by atoms with van der Waals surface area (Å²) in [7, 11) is -1.28. The van der Waals surface area contributed by atoms with Crippen LogP contribution >= 0.6 is 7.26 Å². The predicted octanol–water partition coefficient (Wildman–Crippen LogP) is 6.57. The molecule has 3 heteroatoms. The fourth-order valence-electron chi connectivity index (χ4n) is 6.40. The van der Waals surface area contributed by atoms with Crippen molar-refractivity contribution in [2.45, 2.75) is 120 Å². The van der Waals surface area contributed by atoms with Crippen LogP contribution in [0.2, 0.25) is 0 Å². The van der Waals surface area contributed by atoms with E-state index in [1.54, 1.807) is 0 Å². The van der Waals surface area contributed by atoms with E-state index >= 15 is 0 Å². The van der Waals surface area contributed by atoms with E-state index in [-0.39, 0.29) is 5.97 Å². The first-order chi connectivity index (χ1) is 12.3. The molecule has 25 heavy (non-hydrogen) atoms. The summed E-state index contributed by atoms with van der Waals surface area (Å²) in [6.07, 6.45) is 22.1. The molecule has 0 bridgehead atoms. The van der Waals surface area contributed by atoms with E-state index < -0.39 is 7.26 Å². The largest absolute Gasteiger partial charge is 0.463 e. The molecule has 3 fully saturated rings. The Bertz CT molecular complexity index is 359. The second-order valence-electron chi connectivity index (χ2n) is 8.83. The Morgan fingerprint density at radius 2 is 1.08 bits per heavy atom. The molecule has 0 heterocycles. The summed E-state index contributed by atoms with van der Waals surface area (Å²) < 4.78 is 5.56. The molecule has 0 aliphatic heterocycles. The van der Waals surface area contributed by atoms with E-state index in [4.69, 9.17) is 4.74 Å². The SMILES string of the molecule is CCOC(=O)C[P+](C1CCCCC1)(C1CCCCC1)C1CCCCC1. The van der Waals surface area contributed by atoms with Crippen molar-refractivity contribution in [2.24, 2.45) is 0 Å². The third-order valence-corrected chi connectivity index (χ3v) is 13.9. The molecule has 0 atom stereocenters. The van der Waals surface area contributed by atoms with Crippen LogP contribution in [0.4, 0.5) is 0 Å². The maximum absolute atomic E-state index is 12.8. The molecule has 0 aromatic rings. The lowest BCUT2D eigenvalue weighted by atomic mass is 9.99. The van der Waals surface area contributed by atoms with E-state index in [1.165, 1.54) is 96.3 Å². The summed E-state index contributed by atoms with van der Waals surface area (Å²) in [6.45, 7) is 2.53. The van der Waals surface area contributed by atoms with Gasteiger partial charge in [0.25, 0.3) is 0 Å². The first-order valence-electron chi connectivity index (χ1n) is 11.3. The zero-order valence-electron chi connectivity index (χ0n) is 16.5. The minimum Gasteiger partial charge on any atom is -0.463 e. The lowest BCUT2D eigenvalue weighted by Gasteiger charge is -2.48. The molecule has 3 aliphatic carbocycles. The van der Waals surface area contributed by atoms with Gasteiger partial charge in [0.2, 0.25) is 0 Å². The molecule has 0 aromatic carbocycles. The van der Waals surface area contributed by atoms with Gasteiger partial charge in [-0.25, -0.2) is 4.79 Å². The highest BCUT2D eigenvalue weighted by atomic mass is 31.2. The molecule has 0 aromatic heterocycles. The molecule has 0 spiro atoms. The second kappa shape index (κ2) is 9.72. The van der Waals surface area contributed by atoms with Crippen molar-refractivity contribution in [3.05, 3.63) is 0 Å². The highest BCUT2D eigenvalue weighted by Crippen LogP contribution is 2.77. The standard InChI is InChI=1S/C22H40O2P/c1-2-24-22(23)18-25(19-12-6-3-7-13-19,20-14-8-4-9-15-20)21-16-10-5-11-17-21/h19-21H,2-18H2,1H3/q+1. The molecule has 3 aliphatic rings. The average molecular weight is 368 g/mol. The Balaban J connectivity index is 1.92. The monoisotopic (exact) mass is 367 g/mol. The van der Waals surface area contributed by atoms with Crippen molar-refractivity contribution >= 4 is 13.2 Å². The molecule has 3 saturated carbocycles. The summed E-state index contributed by atoms with van der Waals surface area (Å²) in [5.74, 6) is 0.151. The minimum absolute atomic E-state index is 0.151. The summed E-state index contributed by atoms with van der Waals surface area (Å²) in [5.41, 5.74) is 2.66. The van der Waals surface area contributed by atoms with E-state index in [0.717, 1.165) is 23.1 Å². The number of esters is 1. The van der Waals surface area contributed by atoms with Gasteiger partial charge in [0.1, 0.15) is 0 Å². The van der Waals surface area contributed by atoms with Gasteiger partial charge in [0, 0.05) is 7.26 Å². The van der Waals surface area contributed by atoms with Crippen molar-refractivity contribution in [1.29, 1.82) is 0 Å². The molecular formula is C22H40O2P+. The minimum atomic E-state index is -1.28. The lowest BCUT2D eigenvalue weighted by molar-refractivity contribution is -0.140. The van der Waals surface area contributed by atoms with Gasteiger partial charge in [0.05, 0.1) is 23.6 Å². The van der Waals surface area contributed by atoms with Crippen LogP contribution in [0.1, 0.15) is 103 Å². The van der Waals surface area contributed by atoms with Crippen molar-refractivity contribution in [2.75, 3.05) is 12.8 Å². The smallest absolute Gasteiger partial charge is 0.343 e. The summed E-state index contributed by atoms with van der Waals surface area (Å²) in [4.78, 5) is 12.8. The van der Waals surface area contributed by atoms with E-state index in [1.807, 2.05) is 6.92 Å². The van der Waals surface area contributed by atoms with Crippen molar-refractivity contribution in [3.63, 3.8) is 0 Å². The molecule has 0 unspecified atom stereocenters. The molecule has 0 N–H and O–H groups in total. The third-order valence-electron chi connectivity index (χ3n) is 7.47. The number of hydrogen-bond acceptors (Lipinski definition) is 2. The number of rotatable bonds is 6. The Hall–Kier alpha value is -0.100. The molecule has 0 radical (unpaired) electrons. The summed E-state index contributed by atoms with van der Waals surface area (Å²) in [6, 6.07) is 0. The van der Waals surface area contributed by atoms with E-state index in [0.29, 0.717) is 6.61 Å². The predicted molar refractivity (Wildman–Crippen MR) is 109 cm³/mol. The fraction of sp³-hybridized carbons (Fsp3) is 0.955. The van der Waals surface area contributed by atoms with Crippen LogP contribution < -0.4 is 0 Å². The number of carbonyl (C=O) groups excluding carboxylic acids is 1. The van der Waals surface area contributed by atoms with E-state index in [9.17, 15) is 4.79 Å². The Labute approximate surface area is 156 Å². The van der Waals surface area contributed by atoms with Gasteiger partial charge in [-0.2, -0.15) is 0 Å². The number of carbonyl (C=O) groups is 1. The molecule has 0 saturated heterocycles. The van der Waals surface area contributed by atoms with Gasteiger partial charge < -0.3 is 4.74 Å². The first-order valence-corrected chi connectivity index (χ1v) is 13.5. The quantitative estimate of drug-likeness (QED) is 0.392.